The van der Waals surface area contributed by atoms with Gasteiger partial charge in [0.25, 0.3) is 5.91 Å². The quantitative estimate of drug-likeness (QED) is 0.818. The second-order valence-corrected chi connectivity index (χ2v) is 4.99. The third-order valence-electron chi connectivity index (χ3n) is 2.11. The van der Waals surface area contributed by atoms with Gasteiger partial charge in [-0.3, -0.25) is 9.59 Å². The average molecular weight is 304 g/mol. The Labute approximate surface area is 121 Å². The average Bonchev–Trinajstić information content (AvgIpc) is 2.31. The van der Waals surface area contributed by atoms with Crippen molar-refractivity contribution in [2.75, 3.05) is 6.54 Å². The van der Waals surface area contributed by atoms with Crippen molar-refractivity contribution in [1.29, 1.82) is 0 Å². The Morgan fingerprint density at radius 2 is 2.00 bits per heavy atom. The van der Waals surface area contributed by atoms with Gasteiger partial charge in [-0.15, -0.1) is 0 Å². The minimum atomic E-state index is -0.454. The van der Waals surface area contributed by atoms with Crippen LogP contribution in [0, 0.1) is 0 Å². The Hall–Kier alpha value is -1.33. The van der Waals surface area contributed by atoms with E-state index in [9.17, 15) is 9.59 Å². The van der Waals surface area contributed by atoms with Crippen molar-refractivity contribution in [1.82, 2.24) is 15.6 Å². The van der Waals surface area contributed by atoms with Crippen LogP contribution in [0.1, 0.15) is 30.8 Å². The number of nitrogens with one attached hydrogen (secondary N) is 2. The van der Waals surface area contributed by atoms with Crippen molar-refractivity contribution < 1.29 is 9.59 Å². The Bertz CT molecular complexity index is 478. The van der Waals surface area contributed by atoms with E-state index in [4.69, 9.17) is 23.2 Å². The molecule has 1 rings (SSSR count). The van der Waals surface area contributed by atoms with Crippen molar-refractivity contribution in [2.24, 2.45) is 0 Å². The van der Waals surface area contributed by atoms with Gasteiger partial charge in [0.05, 0.1) is 5.02 Å². The lowest BCUT2D eigenvalue weighted by Crippen LogP contribution is -2.34. The third-order valence-corrected chi connectivity index (χ3v) is 2.63. The molecule has 0 unspecified atom stereocenters. The molecule has 5 nitrogen and oxygen atoms in total. The van der Waals surface area contributed by atoms with Gasteiger partial charge >= 0.3 is 0 Å². The summed E-state index contributed by atoms with van der Waals surface area (Å²) >= 11 is 11.5. The summed E-state index contributed by atoms with van der Waals surface area (Å²) in [7, 11) is 0. The monoisotopic (exact) mass is 303 g/mol. The molecule has 0 atom stereocenters. The molecule has 0 fully saturated rings. The molecule has 0 saturated heterocycles. The number of pyridine rings is 1. The van der Waals surface area contributed by atoms with Crippen LogP contribution in [-0.4, -0.2) is 29.4 Å². The highest BCUT2D eigenvalue weighted by Crippen LogP contribution is 2.16. The van der Waals surface area contributed by atoms with Crippen LogP contribution < -0.4 is 10.6 Å². The van der Waals surface area contributed by atoms with Crippen LogP contribution >= 0.6 is 23.2 Å². The molecule has 0 radical (unpaired) electrons. The van der Waals surface area contributed by atoms with Gasteiger partial charge in [-0.05, 0) is 26.0 Å². The van der Waals surface area contributed by atoms with Gasteiger partial charge in [0.2, 0.25) is 5.91 Å². The zero-order valence-electron chi connectivity index (χ0n) is 10.7. The van der Waals surface area contributed by atoms with Crippen LogP contribution in [0.4, 0.5) is 0 Å². The summed E-state index contributed by atoms with van der Waals surface area (Å²) in [5.74, 6) is -0.578. The number of hydrogen-bond donors (Lipinski definition) is 2. The van der Waals surface area contributed by atoms with Gasteiger partial charge < -0.3 is 10.6 Å². The molecule has 19 heavy (non-hydrogen) atoms. The molecule has 0 spiro atoms. The van der Waals surface area contributed by atoms with E-state index in [-0.39, 0.29) is 40.8 Å². The van der Waals surface area contributed by atoms with Crippen LogP contribution in [0.25, 0.3) is 0 Å². The maximum atomic E-state index is 11.8. The van der Waals surface area contributed by atoms with E-state index < -0.39 is 5.91 Å². The summed E-state index contributed by atoms with van der Waals surface area (Å²) in [5, 5.41) is 5.69. The lowest BCUT2D eigenvalue weighted by atomic mass is 10.3. The predicted octanol–water partition coefficient (Wildman–Crippen LogP) is 2.03. The zero-order valence-corrected chi connectivity index (χ0v) is 12.2. The Morgan fingerprint density at radius 3 is 2.63 bits per heavy atom. The van der Waals surface area contributed by atoms with E-state index in [0.717, 1.165) is 0 Å². The standard InChI is InChI=1S/C12H15Cl2N3O2/c1-7(2)16-10(18)5-6-15-12(19)11-8(13)3-4-9(14)17-11/h3-4,7H,5-6H2,1-2H3,(H,15,19)(H,16,18). The Balaban J connectivity index is 2.48. The van der Waals surface area contributed by atoms with Gasteiger partial charge in [-0.25, -0.2) is 4.98 Å². The van der Waals surface area contributed by atoms with Crippen LogP contribution in [0.15, 0.2) is 12.1 Å². The van der Waals surface area contributed by atoms with Gasteiger partial charge in [0, 0.05) is 19.0 Å². The fraction of sp³-hybridized carbons (Fsp3) is 0.417. The smallest absolute Gasteiger partial charge is 0.271 e. The number of carbonyl (C=O) groups is 2. The first-order valence-electron chi connectivity index (χ1n) is 5.79. The minimum Gasteiger partial charge on any atom is -0.354 e. The largest absolute Gasteiger partial charge is 0.354 e. The minimum absolute atomic E-state index is 0.0541. The molecular formula is C12H15Cl2N3O2. The molecule has 0 aromatic carbocycles. The van der Waals surface area contributed by atoms with Crippen LogP contribution in [0.5, 0.6) is 0 Å². The van der Waals surface area contributed by atoms with Gasteiger partial charge in [0.1, 0.15) is 10.8 Å². The summed E-state index contributed by atoms with van der Waals surface area (Å²) in [4.78, 5) is 27.0. The van der Waals surface area contributed by atoms with E-state index in [1.807, 2.05) is 13.8 Å². The first-order valence-corrected chi connectivity index (χ1v) is 6.55. The first-order chi connectivity index (χ1) is 8.90. The molecule has 1 heterocycles. The number of halogens is 2. The highest BCUT2D eigenvalue weighted by atomic mass is 35.5. The normalized spacial score (nSPS) is 10.4. The van der Waals surface area contributed by atoms with Gasteiger partial charge in [-0.1, -0.05) is 23.2 Å². The number of rotatable bonds is 5. The van der Waals surface area contributed by atoms with E-state index in [1.165, 1.54) is 12.1 Å². The summed E-state index contributed by atoms with van der Waals surface area (Å²) < 4.78 is 0. The van der Waals surface area contributed by atoms with Crippen molar-refractivity contribution in [3.63, 3.8) is 0 Å². The summed E-state index contributed by atoms with van der Waals surface area (Å²) in [6.45, 7) is 3.94. The second-order valence-electron chi connectivity index (χ2n) is 4.19. The SMILES string of the molecule is CC(C)NC(=O)CCNC(=O)c1nc(Cl)ccc1Cl. The maximum Gasteiger partial charge on any atom is 0.271 e. The molecular weight excluding hydrogens is 289 g/mol. The highest BCUT2D eigenvalue weighted by molar-refractivity contribution is 6.34. The fourth-order valence-corrected chi connectivity index (χ4v) is 1.68. The zero-order chi connectivity index (χ0) is 14.4. The summed E-state index contributed by atoms with van der Waals surface area (Å²) in [6, 6.07) is 3.07. The fourth-order valence-electron chi connectivity index (χ4n) is 1.35. The number of hydrogen-bond acceptors (Lipinski definition) is 3. The molecule has 0 bridgehead atoms. The van der Waals surface area contributed by atoms with Crippen molar-refractivity contribution in [2.45, 2.75) is 26.3 Å². The lowest BCUT2D eigenvalue weighted by molar-refractivity contribution is -0.121. The number of amides is 2. The molecule has 0 aliphatic carbocycles. The second kappa shape index (κ2) is 7.31. The van der Waals surface area contributed by atoms with Crippen molar-refractivity contribution in [3.05, 3.63) is 28.0 Å². The molecule has 1 aromatic heterocycles. The third kappa shape index (κ3) is 5.44. The van der Waals surface area contributed by atoms with Crippen molar-refractivity contribution >= 4 is 35.0 Å². The van der Waals surface area contributed by atoms with E-state index >= 15 is 0 Å². The Kier molecular flexibility index (Phi) is 6.05. The molecule has 0 saturated carbocycles. The first kappa shape index (κ1) is 15.7. The maximum absolute atomic E-state index is 11.8. The molecule has 2 amide bonds. The van der Waals surface area contributed by atoms with E-state index in [0.29, 0.717) is 0 Å². The summed E-state index contributed by atoms with van der Waals surface area (Å²) in [6.07, 6.45) is 0.197. The number of nitrogens with zero attached hydrogens (tertiary/aromatic N) is 1. The van der Waals surface area contributed by atoms with Crippen LogP contribution in [0.2, 0.25) is 10.2 Å². The number of carbonyl (C=O) groups excluding carboxylic acids is 2. The molecule has 0 aliphatic rings. The van der Waals surface area contributed by atoms with Gasteiger partial charge in [0.15, 0.2) is 0 Å². The topological polar surface area (TPSA) is 71.1 Å². The molecule has 1 aromatic rings. The molecule has 7 heteroatoms. The van der Waals surface area contributed by atoms with E-state index in [1.54, 1.807) is 0 Å². The van der Waals surface area contributed by atoms with Gasteiger partial charge in [-0.2, -0.15) is 0 Å². The Morgan fingerprint density at radius 1 is 1.32 bits per heavy atom. The van der Waals surface area contributed by atoms with E-state index in [2.05, 4.69) is 15.6 Å². The lowest BCUT2D eigenvalue weighted by Gasteiger charge is -2.09. The van der Waals surface area contributed by atoms with Crippen molar-refractivity contribution in [3.8, 4) is 0 Å². The summed E-state index contributed by atoms with van der Waals surface area (Å²) in [5.41, 5.74) is 0.0541. The highest BCUT2D eigenvalue weighted by Gasteiger charge is 2.13. The molecule has 2 N–H and O–H groups in total. The van der Waals surface area contributed by atoms with Crippen LogP contribution in [-0.2, 0) is 4.79 Å². The molecule has 104 valence electrons. The number of aromatic nitrogens is 1. The predicted molar refractivity (Wildman–Crippen MR) is 74.5 cm³/mol. The molecule has 0 aliphatic heterocycles. The van der Waals surface area contributed by atoms with Crippen LogP contribution in [0.3, 0.4) is 0 Å².